The number of carbonyl (C=O) groups excluding carboxylic acids is 2. The molecule has 2 atom stereocenters. The van der Waals surface area contributed by atoms with E-state index in [0.717, 1.165) is 16.8 Å². The van der Waals surface area contributed by atoms with Crippen molar-refractivity contribution in [1.82, 2.24) is 5.32 Å². The Kier molecular flexibility index (Phi) is 7.03. The topological polar surface area (TPSA) is 75.4 Å². The van der Waals surface area contributed by atoms with Crippen molar-refractivity contribution in [3.8, 4) is 0 Å². The summed E-state index contributed by atoms with van der Waals surface area (Å²) in [6.07, 6.45) is 0.248. The van der Waals surface area contributed by atoms with Crippen molar-refractivity contribution in [3.05, 3.63) is 29.3 Å². The van der Waals surface area contributed by atoms with Crippen molar-refractivity contribution in [2.75, 3.05) is 18.0 Å². The molecule has 3 N–H and O–H groups in total. The van der Waals surface area contributed by atoms with E-state index in [1.807, 2.05) is 52.8 Å². The number of nitrogens with two attached hydrogens (primary N) is 1. The molecule has 1 saturated heterocycles. The molecule has 25 heavy (non-hydrogen) atoms. The quantitative estimate of drug-likeness (QED) is 0.839. The van der Waals surface area contributed by atoms with Crippen LogP contribution in [0.3, 0.4) is 0 Å². The van der Waals surface area contributed by atoms with Crippen LogP contribution >= 0.6 is 12.4 Å². The molecule has 5 nitrogen and oxygen atoms in total. The Morgan fingerprint density at radius 3 is 2.60 bits per heavy atom. The van der Waals surface area contributed by atoms with Crippen LogP contribution in [0.5, 0.6) is 0 Å². The van der Waals surface area contributed by atoms with Gasteiger partial charge in [0, 0.05) is 25.2 Å². The van der Waals surface area contributed by atoms with Crippen LogP contribution in [0.25, 0.3) is 0 Å². The maximum atomic E-state index is 12.7. The Morgan fingerprint density at radius 1 is 1.40 bits per heavy atom. The van der Waals surface area contributed by atoms with Crippen LogP contribution in [-0.4, -0.2) is 30.4 Å². The van der Waals surface area contributed by atoms with Gasteiger partial charge in [0.2, 0.25) is 11.8 Å². The van der Waals surface area contributed by atoms with Crippen molar-refractivity contribution in [1.29, 1.82) is 0 Å². The van der Waals surface area contributed by atoms with Gasteiger partial charge in [0.25, 0.3) is 0 Å². The average Bonchev–Trinajstić information content (AvgIpc) is 2.91. The average molecular weight is 368 g/mol. The summed E-state index contributed by atoms with van der Waals surface area (Å²) in [4.78, 5) is 26.8. The lowest BCUT2D eigenvalue weighted by molar-refractivity contribution is -0.128. The predicted octanol–water partition coefficient (Wildman–Crippen LogP) is 2.57. The number of hydrogen-bond donors (Lipinski definition) is 2. The summed E-state index contributed by atoms with van der Waals surface area (Å²) in [6.45, 7) is 10.9. The van der Waals surface area contributed by atoms with Crippen LogP contribution in [0.1, 0.15) is 38.3 Å². The minimum absolute atomic E-state index is 0. The second-order valence-electron chi connectivity index (χ2n) is 7.39. The van der Waals surface area contributed by atoms with Gasteiger partial charge in [-0.25, -0.2) is 0 Å². The maximum absolute atomic E-state index is 12.7. The summed E-state index contributed by atoms with van der Waals surface area (Å²) in [6, 6.07) is 5.92. The van der Waals surface area contributed by atoms with Gasteiger partial charge in [-0.3, -0.25) is 9.59 Å². The molecule has 1 fully saturated rings. The molecule has 140 valence electrons. The molecule has 2 unspecified atom stereocenters. The molecule has 1 aliphatic heterocycles. The fourth-order valence-corrected chi connectivity index (χ4v) is 2.96. The zero-order valence-corrected chi connectivity index (χ0v) is 16.6. The number of aryl methyl sites for hydroxylation is 1. The first-order valence-corrected chi connectivity index (χ1v) is 8.58. The van der Waals surface area contributed by atoms with E-state index in [-0.39, 0.29) is 42.5 Å². The standard InChI is InChI=1S/C19H29N3O2.ClH/c1-12(2)19(5,11-20)21-18(24)15-9-17(23)22(10-15)16-8-6-7-13(3)14(16)4;/h6-8,12,15H,9-11,20H2,1-5H3,(H,21,24);1H. The van der Waals surface area contributed by atoms with Gasteiger partial charge in [0.15, 0.2) is 0 Å². The first-order valence-electron chi connectivity index (χ1n) is 8.58. The van der Waals surface area contributed by atoms with Crippen LogP contribution < -0.4 is 16.0 Å². The van der Waals surface area contributed by atoms with Gasteiger partial charge in [-0.2, -0.15) is 0 Å². The Hall–Kier alpha value is -1.59. The molecule has 0 aliphatic carbocycles. The molecule has 0 bridgehead atoms. The van der Waals surface area contributed by atoms with Crippen molar-refractivity contribution in [2.24, 2.45) is 17.6 Å². The van der Waals surface area contributed by atoms with E-state index < -0.39 is 5.54 Å². The Labute approximate surface area is 156 Å². The lowest BCUT2D eigenvalue weighted by atomic mass is 9.87. The molecule has 0 aromatic heterocycles. The van der Waals surface area contributed by atoms with Crippen LogP contribution in [0, 0.1) is 25.7 Å². The van der Waals surface area contributed by atoms with Crippen LogP contribution in [0.15, 0.2) is 18.2 Å². The van der Waals surface area contributed by atoms with Gasteiger partial charge < -0.3 is 16.0 Å². The minimum atomic E-state index is -0.452. The summed E-state index contributed by atoms with van der Waals surface area (Å²) in [7, 11) is 0. The van der Waals surface area contributed by atoms with Crippen LogP contribution in [-0.2, 0) is 9.59 Å². The van der Waals surface area contributed by atoms with E-state index >= 15 is 0 Å². The molecule has 1 aromatic carbocycles. The molecule has 6 heteroatoms. The van der Waals surface area contributed by atoms with Crippen molar-refractivity contribution in [3.63, 3.8) is 0 Å². The largest absolute Gasteiger partial charge is 0.349 e. The Bertz CT molecular complexity index is 648. The number of nitrogens with zero attached hydrogens (tertiary/aromatic N) is 1. The molecule has 1 aromatic rings. The number of carbonyl (C=O) groups is 2. The van der Waals surface area contributed by atoms with Gasteiger partial charge in [0.1, 0.15) is 0 Å². The SMILES string of the molecule is Cc1cccc(N2CC(C(=O)NC(C)(CN)C(C)C)CC2=O)c1C.Cl. The number of anilines is 1. The van der Waals surface area contributed by atoms with Crippen LogP contribution in [0.4, 0.5) is 5.69 Å². The second-order valence-corrected chi connectivity index (χ2v) is 7.39. The first kappa shape index (κ1) is 21.5. The highest BCUT2D eigenvalue weighted by molar-refractivity contribution is 6.01. The lowest BCUT2D eigenvalue weighted by Crippen LogP contribution is -2.56. The van der Waals surface area contributed by atoms with Gasteiger partial charge in [-0.1, -0.05) is 26.0 Å². The highest BCUT2D eigenvalue weighted by atomic mass is 35.5. The molecule has 2 rings (SSSR count). The number of nitrogens with one attached hydrogen (secondary N) is 1. The second kappa shape index (κ2) is 8.19. The summed E-state index contributed by atoms with van der Waals surface area (Å²) in [5.74, 6) is -0.193. The Balaban J connectivity index is 0.00000312. The molecule has 1 heterocycles. The van der Waals surface area contributed by atoms with Gasteiger partial charge in [0.05, 0.1) is 11.5 Å². The Morgan fingerprint density at radius 2 is 2.04 bits per heavy atom. The molecule has 0 spiro atoms. The van der Waals surface area contributed by atoms with Crippen molar-refractivity contribution < 1.29 is 9.59 Å². The van der Waals surface area contributed by atoms with Crippen molar-refractivity contribution in [2.45, 2.75) is 46.6 Å². The van der Waals surface area contributed by atoms with E-state index in [9.17, 15) is 9.59 Å². The fourth-order valence-electron chi connectivity index (χ4n) is 2.96. The molecular formula is C19H30ClN3O2. The molecule has 1 aliphatic rings. The molecule has 2 amide bonds. The number of hydrogen-bond acceptors (Lipinski definition) is 3. The first-order chi connectivity index (χ1) is 11.2. The summed E-state index contributed by atoms with van der Waals surface area (Å²) in [5, 5.41) is 3.06. The summed E-state index contributed by atoms with van der Waals surface area (Å²) in [5.41, 5.74) is 8.52. The number of rotatable bonds is 5. The molecule has 0 radical (unpaired) electrons. The zero-order chi connectivity index (χ0) is 18.1. The summed E-state index contributed by atoms with van der Waals surface area (Å²) >= 11 is 0. The predicted molar refractivity (Wildman–Crippen MR) is 104 cm³/mol. The van der Waals surface area contributed by atoms with Gasteiger partial charge >= 0.3 is 0 Å². The highest BCUT2D eigenvalue weighted by Gasteiger charge is 2.38. The lowest BCUT2D eigenvalue weighted by Gasteiger charge is -2.34. The zero-order valence-electron chi connectivity index (χ0n) is 15.8. The normalized spacial score (nSPS) is 19.6. The third-order valence-corrected chi connectivity index (χ3v) is 5.47. The van der Waals surface area contributed by atoms with E-state index in [1.54, 1.807) is 4.90 Å². The summed E-state index contributed by atoms with van der Waals surface area (Å²) < 4.78 is 0. The number of benzene rings is 1. The number of amides is 2. The minimum Gasteiger partial charge on any atom is -0.349 e. The smallest absolute Gasteiger partial charge is 0.227 e. The van der Waals surface area contributed by atoms with Gasteiger partial charge in [-0.15, -0.1) is 12.4 Å². The molecular weight excluding hydrogens is 338 g/mol. The van der Waals surface area contributed by atoms with Crippen LogP contribution in [0.2, 0.25) is 0 Å². The van der Waals surface area contributed by atoms with Gasteiger partial charge in [-0.05, 0) is 43.9 Å². The van der Waals surface area contributed by atoms with E-state index in [0.29, 0.717) is 13.1 Å². The van der Waals surface area contributed by atoms with Crippen molar-refractivity contribution >= 4 is 29.9 Å². The number of halogens is 1. The maximum Gasteiger partial charge on any atom is 0.227 e. The van der Waals surface area contributed by atoms with E-state index in [2.05, 4.69) is 5.32 Å². The van der Waals surface area contributed by atoms with E-state index in [4.69, 9.17) is 5.73 Å². The monoisotopic (exact) mass is 367 g/mol. The third-order valence-electron chi connectivity index (χ3n) is 5.47. The highest BCUT2D eigenvalue weighted by Crippen LogP contribution is 2.30. The fraction of sp³-hybridized carbons (Fsp3) is 0.579. The molecule has 0 saturated carbocycles. The third kappa shape index (κ3) is 4.33. The van der Waals surface area contributed by atoms with E-state index in [1.165, 1.54) is 0 Å².